The fourth-order valence-electron chi connectivity index (χ4n) is 2.13. The van der Waals surface area contributed by atoms with E-state index in [1.807, 2.05) is 6.07 Å². The van der Waals surface area contributed by atoms with Gasteiger partial charge in [-0.25, -0.2) is 4.57 Å². The van der Waals surface area contributed by atoms with Crippen LogP contribution >= 0.6 is 7.60 Å². The summed E-state index contributed by atoms with van der Waals surface area (Å²) < 4.78 is 17.2. The molecule has 1 heterocycles. The minimum absolute atomic E-state index is 0.176. The third kappa shape index (κ3) is 3.80. The molecule has 0 spiro atoms. The summed E-state index contributed by atoms with van der Waals surface area (Å²) in [6.07, 6.45) is -0.302. The van der Waals surface area contributed by atoms with E-state index in [0.29, 0.717) is 11.2 Å². The van der Waals surface area contributed by atoms with Gasteiger partial charge in [-0.2, -0.15) is 0 Å². The number of nitrogens with one attached hydrogen (secondary N) is 2. The van der Waals surface area contributed by atoms with Crippen molar-refractivity contribution in [2.45, 2.75) is 0 Å². The molecule has 0 amide bonds. The molecule has 0 saturated heterocycles. The van der Waals surface area contributed by atoms with E-state index in [4.69, 9.17) is 4.52 Å². The normalized spacial score (nSPS) is 13.4. The van der Waals surface area contributed by atoms with Gasteiger partial charge in [-0.15, -0.1) is 0 Å². The lowest BCUT2D eigenvalue weighted by atomic mass is 10.2. The van der Waals surface area contributed by atoms with Crippen molar-refractivity contribution in [3.63, 3.8) is 0 Å². The van der Waals surface area contributed by atoms with Crippen molar-refractivity contribution in [3.05, 3.63) is 71.0 Å². The van der Waals surface area contributed by atoms with E-state index < -0.39 is 13.2 Å². The maximum absolute atomic E-state index is 12.2. The molecule has 0 aliphatic heterocycles. The van der Waals surface area contributed by atoms with Crippen LogP contribution < -0.4 is 15.4 Å². The van der Waals surface area contributed by atoms with Gasteiger partial charge in [-0.05, 0) is 24.3 Å². The van der Waals surface area contributed by atoms with E-state index in [-0.39, 0.29) is 12.0 Å². The van der Waals surface area contributed by atoms with Crippen LogP contribution in [-0.4, -0.2) is 16.2 Å². The summed E-state index contributed by atoms with van der Waals surface area (Å²) >= 11 is 0. The average molecular weight is 330 g/mol. The van der Waals surface area contributed by atoms with Crippen molar-refractivity contribution in [3.8, 4) is 5.75 Å². The molecule has 2 aromatic carbocycles. The predicted molar refractivity (Wildman–Crippen MR) is 90.0 cm³/mol. The molecule has 1 aromatic heterocycles. The van der Waals surface area contributed by atoms with E-state index in [9.17, 15) is 14.3 Å². The summed E-state index contributed by atoms with van der Waals surface area (Å²) in [5, 5.41) is 3.53. The first kappa shape index (κ1) is 15.3. The molecule has 3 aromatic rings. The van der Waals surface area contributed by atoms with Crippen LogP contribution in [0.2, 0.25) is 0 Å². The highest BCUT2D eigenvalue weighted by atomic mass is 31.2. The van der Waals surface area contributed by atoms with Crippen molar-refractivity contribution in [2.75, 3.05) is 11.6 Å². The van der Waals surface area contributed by atoms with Gasteiger partial charge in [-0.3, -0.25) is 4.79 Å². The number of aromatic nitrogens is 1. The number of fused-ring (bicyclic) bond motifs is 1. The minimum atomic E-state index is -4.02. The predicted octanol–water partition coefficient (Wildman–Crippen LogP) is 3.16. The van der Waals surface area contributed by atoms with Crippen LogP contribution in [0.3, 0.4) is 0 Å². The fourth-order valence-corrected chi connectivity index (χ4v) is 3.02. The Kier molecular flexibility index (Phi) is 4.19. The zero-order valence-electron chi connectivity index (χ0n) is 12.1. The van der Waals surface area contributed by atoms with Gasteiger partial charge in [0.05, 0.1) is 0 Å². The zero-order chi connectivity index (χ0) is 16.3. The van der Waals surface area contributed by atoms with Crippen molar-refractivity contribution >= 4 is 24.2 Å². The lowest BCUT2D eigenvalue weighted by Crippen LogP contribution is -2.13. The highest BCUT2D eigenvalue weighted by molar-refractivity contribution is 7.53. The molecule has 0 fully saturated rings. The molecule has 118 valence electrons. The molecule has 0 bridgehead atoms. The minimum Gasteiger partial charge on any atom is -0.417 e. The third-order valence-corrected chi connectivity index (χ3v) is 4.26. The molecule has 23 heavy (non-hydrogen) atoms. The Balaban J connectivity index is 1.78. The fraction of sp³-hybridized carbons (Fsp3) is 0.0625. The van der Waals surface area contributed by atoms with Crippen LogP contribution in [0.15, 0.2) is 65.5 Å². The summed E-state index contributed by atoms with van der Waals surface area (Å²) in [5.41, 5.74) is 0.788. The van der Waals surface area contributed by atoms with Crippen LogP contribution in [0.5, 0.6) is 5.75 Å². The quantitative estimate of drug-likeness (QED) is 0.625. The number of hydrogen-bond donors (Lipinski definition) is 3. The van der Waals surface area contributed by atoms with Gasteiger partial charge < -0.3 is 19.7 Å². The number of benzene rings is 2. The van der Waals surface area contributed by atoms with E-state index >= 15 is 0 Å². The van der Waals surface area contributed by atoms with Crippen LogP contribution in [0, 0.1) is 0 Å². The second-order valence-electron chi connectivity index (χ2n) is 4.98. The number of anilines is 1. The molecule has 0 saturated carbocycles. The second-order valence-corrected chi connectivity index (χ2v) is 6.75. The van der Waals surface area contributed by atoms with Gasteiger partial charge in [0.2, 0.25) is 0 Å². The summed E-state index contributed by atoms with van der Waals surface area (Å²) in [4.78, 5) is 24.5. The molecular weight excluding hydrogens is 315 g/mol. The first-order chi connectivity index (χ1) is 11.0. The molecule has 0 aliphatic rings. The third-order valence-electron chi connectivity index (χ3n) is 3.22. The molecule has 3 N–H and O–H groups in total. The van der Waals surface area contributed by atoms with Gasteiger partial charge in [0, 0.05) is 16.6 Å². The van der Waals surface area contributed by atoms with E-state index in [0.717, 1.165) is 5.39 Å². The van der Waals surface area contributed by atoms with Crippen LogP contribution in [0.25, 0.3) is 10.9 Å². The summed E-state index contributed by atoms with van der Waals surface area (Å²) in [6.45, 7) is 0. The number of aromatic amines is 1. The number of hydrogen-bond acceptors (Lipinski definition) is 4. The Morgan fingerprint density at radius 2 is 1.78 bits per heavy atom. The summed E-state index contributed by atoms with van der Waals surface area (Å²) in [6, 6.07) is 17.6. The maximum Gasteiger partial charge on any atom is 0.395 e. The Morgan fingerprint density at radius 1 is 1.09 bits per heavy atom. The Bertz CT molecular complexity index is 924. The van der Waals surface area contributed by atoms with E-state index in [2.05, 4.69) is 10.3 Å². The lowest BCUT2D eigenvalue weighted by molar-refractivity contribution is 0.380. The van der Waals surface area contributed by atoms with Crippen molar-refractivity contribution in [2.24, 2.45) is 0 Å². The smallest absolute Gasteiger partial charge is 0.395 e. The van der Waals surface area contributed by atoms with Crippen LogP contribution in [0.1, 0.15) is 0 Å². The zero-order valence-corrected chi connectivity index (χ0v) is 13.0. The monoisotopic (exact) mass is 330 g/mol. The average Bonchev–Trinajstić information content (AvgIpc) is 2.55. The highest BCUT2D eigenvalue weighted by Crippen LogP contribution is 2.41. The van der Waals surface area contributed by atoms with Crippen molar-refractivity contribution < 1.29 is 14.0 Å². The standard InChI is InChI=1S/C16H15N2O4P/c19-16-15(10-12-6-4-5-9-14(12)18-16)22-23(20,21)11-17-13-7-2-1-3-8-13/h1-10,17H,11H2,(H,18,19)(H,20,21). The van der Waals surface area contributed by atoms with Gasteiger partial charge in [-0.1, -0.05) is 36.4 Å². The molecule has 1 unspecified atom stereocenters. The molecule has 3 rings (SSSR count). The van der Waals surface area contributed by atoms with Gasteiger partial charge in [0.25, 0.3) is 5.56 Å². The van der Waals surface area contributed by atoms with Crippen molar-refractivity contribution in [1.82, 2.24) is 4.98 Å². The largest absolute Gasteiger partial charge is 0.417 e. The number of para-hydroxylation sites is 2. The Labute approximate surface area is 132 Å². The van der Waals surface area contributed by atoms with Gasteiger partial charge >= 0.3 is 7.60 Å². The molecule has 6 nitrogen and oxygen atoms in total. The van der Waals surface area contributed by atoms with Crippen LogP contribution in [-0.2, 0) is 4.57 Å². The SMILES string of the molecule is O=c1[nH]c2ccccc2cc1OP(=O)(O)CNc1ccccc1. The van der Waals surface area contributed by atoms with E-state index in [1.54, 1.807) is 48.5 Å². The highest BCUT2D eigenvalue weighted by Gasteiger charge is 2.22. The van der Waals surface area contributed by atoms with Gasteiger partial charge in [0.1, 0.15) is 6.29 Å². The van der Waals surface area contributed by atoms with Crippen molar-refractivity contribution in [1.29, 1.82) is 0 Å². The lowest BCUT2D eigenvalue weighted by Gasteiger charge is -2.14. The Hall–Kier alpha value is -2.56. The number of H-pyrrole nitrogens is 1. The Morgan fingerprint density at radius 3 is 2.57 bits per heavy atom. The first-order valence-electron chi connectivity index (χ1n) is 6.96. The molecule has 0 aliphatic carbocycles. The molecular formula is C16H15N2O4P. The van der Waals surface area contributed by atoms with Crippen LogP contribution in [0.4, 0.5) is 5.69 Å². The molecule has 0 radical (unpaired) electrons. The maximum atomic E-state index is 12.2. The number of rotatable bonds is 5. The van der Waals surface area contributed by atoms with E-state index in [1.165, 1.54) is 6.07 Å². The second kappa shape index (κ2) is 6.28. The molecule has 1 atom stereocenters. The number of pyridine rings is 1. The first-order valence-corrected chi connectivity index (χ1v) is 8.72. The molecule has 7 heteroatoms. The summed E-state index contributed by atoms with van der Waals surface area (Å²) in [5.74, 6) is -0.176. The van der Waals surface area contributed by atoms with Gasteiger partial charge in [0.15, 0.2) is 5.75 Å². The topological polar surface area (TPSA) is 91.4 Å². The summed E-state index contributed by atoms with van der Waals surface area (Å²) in [7, 11) is -4.02.